The Hall–Kier alpha value is -2.64. The molecule has 0 atom stereocenters. The maximum Gasteiger partial charge on any atom is 0.219 e. The Bertz CT molecular complexity index is 1030. The van der Waals surface area contributed by atoms with Crippen molar-refractivity contribution in [3.05, 3.63) is 58.7 Å². The number of anilines is 2. The summed E-state index contributed by atoms with van der Waals surface area (Å²) in [6.45, 7) is 7.33. The van der Waals surface area contributed by atoms with Gasteiger partial charge in [0.05, 0.1) is 5.69 Å². The Morgan fingerprint density at radius 2 is 1.90 bits per heavy atom. The smallest absolute Gasteiger partial charge is 0.219 e. The zero-order valence-electron chi connectivity index (χ0n) is 17.9. The molecule has 1 amide bonds. The molecule has 164 valence electrons. The van der Waals surface area contributed by atoms with Gasteiger partial charge in [0.2, 0.25) is 5.91 Å². The Morgan fingerprint density at radius 3 is 2.58 bits per heavy atom. The number of aromatic nitrogens is 2. The van der Waals surface area contributed by atoms with Gasteiger partial charge in [0.25, 0.3) is 0 Å². The summed E-state index contributed by atoms with van der Waals surface area (Å²) >= 11 is 1.58. The summed E-state index contributed by atoms with van der Waals surface area (Å²) in [6.07, 6.45) is 3.65. The molecule has 0 saturated carbocycles. The fourth-order valence-electron chi connectivity index (χ4n) is 3.75. The zero-order valence-corrected chi connectivity index (χ0v) is 19.6. The number of nitrogens with zero attached hydrogens (tertiary/aromatic N) is 3. The first-order chi connectivity index (χ1) is 14.5. The lowest BCUT2D eigenvalue weighted by atomic mass is 9.94. The number of ether oxygens (including phenoxy) is 1. The zero-order chi connectivity index (χ0) is 21.1. The number of benzene rings is 1. The number of likely N-dealkylation sites (tertiary alicyclic amines) is 1. The van der Waals surface area contributed by atoms with Gasteiger partial charge < -0.3 is 15.0 Å². The number of rotatable bonds is 5. The maximum atomic E-state index is 11.5. The van der Waals surface area contributed by atoms with E-state index in [9.17, 15) is 4.79 Å². The first kappa shape index (κ1) is 23.0. The minimum Gasteiger partial charge on any atom is -0.457 e. The standard InChI is InChI=1S/C23H26N4O2S.ClH/c1-15-5-4-6-16(2)22(15)29-19-7-10-24-21(13-19)26-23-25-20(14-30-23)18-8-11-27(12-9-18)17(3)28;/h4-7,10,13-14,18H,8-9,11-12H2,1-3H3,(H,24,25,26);1H. The van der Waals surface area contributed by atoms with E-state index in [4.69, 9.17) is 9.72 Å². The van der Waals surface area contributed by atoms with Gasteiger partial charge in [0, 0.05) is 43.6 Å². The average Bonchev–Trinajstić information content (AvgIpc) is 3.20. The second-order valence-electron chi connectivity index (χ2n) is 7.68. The molecule has 1 fully saturated rings. The third-order valence-electron chi connectivity index (χ3n) is 5.48. The second-order valence-corrected chi connectivity index (χ2v) is 8.54. The number of thiazole rings is 1. The van der Waals surface area contributed by atoms with E-state index >= 15 is 0 Å². The minimum absolute atomic E-state index is 0. The van der Waals surface area contributed by atoms with Gasteiger partial charge in [0.15, 0.2) is 5.13 Å². The highest BCUT2D eigenvalue weighted by Crippen LogP contribution is 2.33. The van der Waals surface area contributed by atoms with Crippen molar-refractivity contribution in [3.8, 4) is 11.5 Å². The Kier molecular flexibility index (Phi) is 7.51. The summed E-state index contributed by atoms with van der Waals surface area (Å²) in [4.78, 5) is 22.6. The van der Waals surface area contributed by atoms with Crippen molar-refractivity contribution in [1.82, 2.24) is 14.9 Å². The number of halogens is 1. The number of aryl methyl sites for hydroxylation is 2. The van der Waals surface area contributed by atoms with Crippen LogP contribution in [-0.2, 0) is 4.79 Å². The minimum atomic E-state index is 0. The number of pyridine rings is 1. The van der Waals surface area contributed by atoms with E-state index in [0.29, 0.717) is 11.7 Å². The summed E-state index contributed by atoms with van der Waals surface area (Å²) in [6, 6.07) is 9.86. The van der Waals surface area contributed by atoms with Crippen LogP contribution in [0.15, 0.2) is 41.9 Å². The Labute approximate surface area is 193 Å². The topological polar surface area (TPSA) is 67.4 Å². The quantitative estimate of drug-likeness (QED) is 0.520. The molecule has 0 aliphatic carbocycles. The summed E-state index contributed by atoms with van der Waals surface area (Å²) < 4.78 is 6.12. The number of piperidine rings is 1. The SMILES string of the molecule is CC(=O)N1CCC(c2csc(Nc3cc(Oc4c(C)cccc4C)ccn3)n2)CC1.Cl. The van der Waals surface area contributed by atoms with Crippen LogP contribution in [0, 0.1) is 13.8 Å². The van der Waals surface area contributed by atoms with Gasteiger partial charge in [-0.15, -0.1) is 23.7 Å². The van der Waals surface area contributed by atoms with Crippen molar-refractivity contribution in [1.29, 1.82) is 0 Å². The Balaban J connectivity index is 0.00000272. The number of carbonyl (C=O) groups is 1. The highest BCUT2D eigenvalue weighted by molar-refractivity contribution is 7.13. The number of hydrogen-bond donors (Lipinski definition) is 1. The van der Waals surface area contributed by atoms with E-state index in [2.05, 4.69) is 15.7 Å². The summed E-state index contributed by atoms with van der Waals surface area (Å²) in [5, 5.41) is 6.22. The molecule has 6 nitrogen and oxygen atoms in total. The van der Waals surface area contributed by atoms with E-state index < -0.39 is 0 Å². The lowest BCUT2D eigenvalue weighted by Crippen LogP contribution is -2.36. The van der Waals surface area contributed by atoms with Crippen LogP contribution in [0.3, 0.4) is 0 Å². The molecule has 0 unspecified atom stereocenters. The molecule has 31 heavy (non-hydrogen) atoms. The molecule has 1 aromatic carbocycles. The van der Waals surface area contributed by atoms with Crippen LogP contribution in [0.25, 0.3) is 0 Å². The molecule has 0 radical (unpaired) electrons. The molecule has 1 aliphatic rings. The number of nitrogens with one attached hydrogen (secondary N) is 1. The normalized spacial score (nSPS) is 14.1. The molecule has 1 saturated heterocycles. The van der Waals surface area contributed by atoms with Crippen molar-refractivity contribution >= 4 is 40.6 Å². The predicted molar refractivity (Wildman–Crippen MR) is 127 cm³/mol. The molecule has 0 spiro atoms. The van der Waals surface area contributed by atoms with Crippen LogP contribution >= 0.6 is 23.7 Å². The number of hydrogen-bond acceptors (Lipinski definition) is 6. The molecule has 0 bridgehead atoms. The van der Waals surface area contributed by atoms with Crippen LogP contribution in [0.4, 0.5) is 10.9 Å². The van der Waals surface area contributed by atoms with E-state index in [1.54, 1.807) is 24.5 Å². The molecule has 3 heterocycles. The molecule has 3 aromatic rings. The van der Waals surface area contributed by atoms with Crippen LogP contribution in [0.1, 0.15) is 42.5 Å². The van der Waals surface area contributed by atoms with Gasteiger partial charge in [-0.05, 0) is 43.9 Å². The van der Waals surface area contributed by atoms with Gasteiger partial charge >= 0.3 is 0 Å². The van der Waals surface area contributed by atoms with Crippen LogP contribution in [-0.4, -0.2) is 33.9 Å². The van der Waals surface area contributed by atoms with Crippen molar-refractivity contribution in [2.75, 3.05) is 18.4 Å². The molecule has 4 rings (SSSR count). The van der Waals surface area contributed by atoms with E-state index in [1.165, 1.54) is 0 Å². The predicted octanol–water partition coefficient (Wildman–Crippen LogP) is 5.84. The van der Waals surface area contributed by atoms with Gasteiger partial charge in [-0.3, -0.25) is 4.79 Å². The maximum absolute atomic E-state index is 11.5. The first-order valence-corrected chi connectivity index (χ1v) is 11.1. The van der Waals surface area contributed by atoms with Crippen molar-refractivity contribution in [2.45, 2.75) is 39.5 Å². The summed E-state index contributed by atoms with van der Waals surface area (Å²) in [5.74, 6) is 2.87. The fourth-order valence-corrected chi connectivity index (χ4v) is 4.55. The van der Waals surface area contributed by atoms with E-state index in [0.717, 1.165) is 59.4 Å². The molecule has 8 heteroatoms. The second kappa shape index (κ2) is 10.1. The number of amides is 1. The lowest BCUT2D eigenvalue weighted by Gasteiger charge is -2.30. The Morgan fingerprint density at radius 1 is 1.19 bits per heavy atom. The van der Waals surface area contributed by atoms with Crippen LogP contribution < -0.4 is 10.1 Å². The highest BCUT2D eigenvalue weighted by atomic mass is 35.5. The monoisotopic (exact) mass is 458 g/mol. The van der Waals surface area contributed by atoms with E-state index in [-0.39, 0.29) is 18.3 Å². The van der Waals surface area contributed by atoms with Gasteiger partial charge in [0.1, 0.15) is 17.3 Å². The number of para-hydroxylation sites is 1. The van der Waals surface area contributed by atoms with Gasteiger partial charge in [-0.25, -0.2) is 9.97 Å². The molecule has 1 N–H and O–H groups in total. The summed E-state index contributed by atoms with van der Waals surface area (Å²) in [5.41, 5.74) is 3.29. The fraction of sp³-hybridized carbons (Fsp3) is 0.348. The largest absolute Gasteiger partial charge is 0.457 e. The average molecular weight is 459 g/mol. The third kappa shape index (κ3) is 5.54. The van der Waals surface area contributed by atoms with Crippen LogP contribution in [0.5, 0.6) is 11.5 Å². The van der Waals surface area contributed by atoms with Crippen molar-refractivity contribution in [3.63, 3.8) is 0 Å². The van der Waals surface area contributed by atoms with Gasteiger partial charge in [-0.1, -0.05) is 18.2 Å². The molecule has 1 aliphatic heterocycles. The van der Waals surface area contributed by atoms with Gasteiger partial charge in [-0.2, -0.15) is 0 Å². The van der Waals surface area contributed by atoms with Crippen molar-refractivity contribution in [2.24, 2.45) is 0 Å². The first-order valence-electron chi connectivity index (χ1n) is 10.2. The third-order valence-corrected chi connectivity index (χ3v) is 6.25. The molecular weight excluding hydrogens is 432 g/mol. The molecular formula is C23H27ClN4O2S. The molecule has 2 aromatic heterocycles. The van der Waals surface area contributed by atoms with Crippen molar-refractivity contribution < 1.29 is 9.53 Å². The highest BCUT2D eigenvalue weighted by Gasteiger charge is 2.23. The van der Waals surface area contributed by atoms with E-state index in [1.807, 2.05) is 49.1 Å². The summed E-state index contributed by atoms with van der Waals surface area (Å²) in [7, 11) is 0. The van der Waals surface area contributed by atoms with Crippen LogP contribution in [0.2, 0.25) is 0 Å². The number of carbonyl (C=O) groups excluding carboxylic acids is 1. The lowest BCUT2D eigenvalue weighted by molar-refractivity contribution is -0.129.